The normalized spacial score (nSPS) is 18.7. The number of carbonyl (C=O) groups excluding carboxylic acids is 1. The molecule has 74 valence electrons. The number of hydrogen-bond donors (Lipinski definition) is 1. The van der Waals surface area contributed by atoms with Gasteiger partial charge in [-0.25, -0.2) is 0 Å². The zero-order chi connectivity index (χ0) is 9.84. The Bertz CT molecular complexity index is 212. The second kappa shape index (κ2) is 4.56. The van der Waals surface area contributed by atoms with Crippen LogP contribution < -0.4 is 5.73 Å². The average Bonchev–Trinajstić information content (AvgIpc) is 2.55. The highest BCUT2D eigenvalue weighted by atomic mass is 32.1. The van der Waals surface area contributed by atoms with E-state index >= 15 is 0 Å². The molecule has 1 aliphatic heterocycles. The van der Waals surface area contributed by atoms with Crippen LogP contribution in [-0.4, -0.2) is 28.9 Å². The van der Waals surface area contributed by atoms with E-state index in [4.69, 9.17) is 18.0 Å². The first kappa shape index (κ1) is 10.4. The summed E-state index contributed by atoms with van der Waals surface area (Å²) in [6, 6.07) is 0. The Labute approximate surface area is 84.3 Å². The maximum Gasteiger partial charge on any atom is 0.223 e. The van der Waals surface area contributed by atoms with Gasteiger partial charge < -0.3 is 10.6 Å². The Hall–Kier alpha value is -0.640. The molecule has 4 heteroatoms. The van der Waals surface area contributed by atoms with Crippen LogP contribution in [0.15, 0.2) is 0 Å². The SMILES string of the molecule is CC(CC(=O)N1CCCC1)C(N)=S. The number of nitrogens with two attached hydrogens (primary N) is 1. The van der Waals surface area contributed by atoms with Gasteiger partial charge in [0.2, 0.25) is 5.91 Å². The van der Waals surface area contributed by atoms with Crippen LogP contribution >= 0.6 is 12.2 Å². The van der Waals surface area contributed by atoms with Gasteiger partial charge in [-0.05, 0) is 12.8 Å². The maximum atomic E-state index is 11.6. The van der Waals surface area contributed by atoms with Gasteiger partial charge in [0.1, 0.15) is 0 Å². The third-order valence-electron chi connectivity index (χ3n) is 2.43. The van der Waals surface area contributed by atoms with E-state index in [2.05, 4.69) is 0 Å². The summed E-state index contributed by atoms with van der Waals surface area (Å²) in [6.45, 7) is 3.71. The fraction of sp³-hybridized carbons (Fsp3) is 0.778. The second-order valence-electron chi connectivity index (χ2n) is 3.60. The molecule has 2 N–H and O–H groups in total. The van der Waals surface area contributed by atoms with E-state index in [1.165, 1.54) is 0 Å². The molecule has 0 aromatic rings. The molecular weight excluding hydrogens is 184 g/mol. The van der Waals surface area contributed by atoms with Crippen molar-refractivity contribution in [2.75, 3.05) is 13.1 Å². The summed E-state index contributed by atoms with van der Waals surface area (Å²) in [4.78, 5) is 13.9. The first-order valence-corrected chi connectivity index (χ1v) is 5.09. The molecular formula is C9H16N2OS. The monoisotopic (exact) mass is 200 g/mol. The van der Waals surface area contributed by atoms with Crippen molar-refractivity contribution in [3.8, 4) is 0 Å². The van der Waals surface area contributed by atoms with Crippen LogP contribution in [-0.2, 0) is 4.79 Å². The molecule has 3 nitrogen and oxygen atoms in total. The predicted molar refractivity (Wildman–Crippen MR) is 56.4 cm³/mol. The van der Waals surface area contributed by atoms with E-state index in [1.54, 1.807) is 0 Å². The number of hydrogen-bond acceptors (Lipinski definition) is 2. The van der Waals surface area contributed by atoms with Crippen LogP contribution in [0.1, 0.15) is 26.2 Å². The van der Waals surface area contributed by atoms with E-state index in [9.17, 15) is 4.79 Å². The molecule has 0 spiro atoms. The van der Waals surface area contributed by atoms with E-state index in [1.807, 2.05) is 11.8 Å². The maximum absolute atomic E-state index is 11.6. The Balaban J connectivity index is 2.35. The van der Waals surface area contributed by atoms with Gasteiger partial charge >= 0.3 is 0 Å². The zero-order valence-corrected chi connectivity index (χ0v) is 8.77. The van der Waals surface area contributed by atoms with Crippen LogP contribution in [0.4, 0.5) is 0 Å². The number of nitrogens with zero attached hydrogens (tertiary/aromatic N) is 1. The Morgan fingerprint density at radius 2 is 2.08 bits per heavy atom. The quantitative estimate of drug-likeness (QED) is 0.689. The molecule has 13 heavy (non-hydrogen) atoms. The molecule has 0 aromatic heterocycles. The van der Waals surface area contributed by atoms with Crippen molar-refractivity contribution in [3.63, 3.8) is 0 Å². The highest BCUT2D eigenvalue weighted by Crippen LogP contribution is 2.12. The minimum Gasteiger partial charge on any atom is -0.393 e. The first-order valence-electron chi connectivity index (χ1n) is 4.68. The molecule has 0 aromatic carbocycles. The molecule has 0 aliphatic carbocycles. The fourth-order valence-electron chi connectivity index (χ4n) is 1.46. The summed E-state index contributed by atoms with van der Waals surface area (Å²) >= 11 is 4.82. The van der Waals surface area contributed by atoms with Gasteiger partial charge in [-0.1, -0.05) is 19.1 Å². The number of thiocarbonyl (C=S) groups is 1. The molecule has 1 rings (SSSR count). The Morgan fingerprint density at radius 1 is 1.54 bits per heavy atom. The lowest BCUT2D eigenvalue weighted by Crippen LogP contribution is -2.31. The fourth-order valence-corrected chi connectivity index (χ4v) is 1.54. The molecule has 0 bridgehead atoms. The van der Waals surface area contributed by atoms with Crippen molar-refractivity contribution < 1.29 is 4.79 Å². The molecule has 1 amide bonds. The number of carbonyl (C=O) groups is 1. The molecule has 1 heterocycles. The third kappa shape index (κ3) is 2.95. The highest BCUT2D eigenvalue weighted by Gasteiger charge is 2.20. The molecule has 1 unspecified atom stereocenters. The molecule has 1 aliphatic rings. The molecule has 1 saturated heterocycles. The number of likely N-dealkylation sites (tertiary alicyclic amines) is 1. The lowest BCUT2D eigenvalue weighted by atomic mass is 10.1. The largest absolute Gasteiger partial charge is 0.393 e. The summed E-state index contributed by atoms with van der Waals surface area (Å²) in [6.07, 6.45) is 2.73. The van der Waals surface area contributed by atoms with Gasteiger partial charge in [-0.15, -0.1) is 0 Å². The standard InChI is InChI=1S/C9H16N2OS/c1-7(9(10)13)6-8(12)11-4-2-3-5-11/h7H,2-6H2,1H3,(H2,10,13). The first-order chi connectivity index (χ1) is 6.11. The topological polar surface area (TPSA) is 46.3 Å². The van der Waals surface area contributed by atoms with Gasteiger partial charge in [0.25, 0.3) is 0 Å². The average molecular weight is 200 g/mol. The Morgan fingerprint density at radius 3 is 2.54 bits per heavy atom. The van der Waals surface area contributed by atoms with E-state index < -0.39 is 0 Å². The van der Waals surface area contributed by atoms with Crippen LogP contribution in [0.2, 0.25) is 0 Å². The number of amides is 1. The summed E-state index contributed by atoms with van der Waals surface area (Å²) in [5.74, 6) is 0.223. The summed E-state index contributed by atoms with van der Waals surface area (Å²) in [5, 5.41) is 0. The molecule has 0 radical (unpaired) electrons. The van der Waals surface area contributed by atoms with Crippen LogP contribution in [0.5, 0.6) is 0 Å². The van der Waals surface area contributed by atoms with Crippen LogP contribution in [0, 0.1) is 5.92 Å². The number of rotatable bonds is 3. The predicted octanol–water partition coefficient (Wildman–Crippen LogP) is 0.921. The summed E-state index contributed by atoms with van der Waals surface area (Å²) < 4.78 is 0. The van der Waals surface area contributed by atoms with E-state index in [0.29, 0.717) is 11.4 Å². The third-order valence-corrected chi connectivity index (χ3v) is 2.83. The van der Waals surface area contributed by atoms with Crippen molar-refractivity contribution in [1.82, 2.24) is 4.90 Å². The molecule has 1 fully saturated rings. The smallest absolute Gasteiger partial charge is 0.223 e. The molecule has 0 saturated carbocycles. The van der Waals surface area contributed by atoms with Crippen molar-refractivity contribution in [2.45, 2.75) is 26.2 Å². The van der Waals surface area contributed by atoms with Gasteiger partial charge in [-0.2, -0.15) is 0 Å². The van der Waals surface area contributed by atoms with E-state index in [-0.39, 0.29) is 11.8 Å². The van der Waals surface area contributed by atoms with Crippen LogP contribution in [0.3, 0.4) is 0 Å². The highest BCUT2D eigenvalue weighted by molar-refractivity contribution is 7.80. The summed E-state index contributed by atoms with van der Waals surface area (Å²) in [5.41, 5.74) is 5.44. The zero-order valence-electron chi connectivity index (χ0n) is 7.95. The minimum atomic E-state index is 0.0306. The minimum absolute atomic E-state index is 0.0306. The lowest BCUT2D eigenvalue weighted by molar-refractivity contribution is -0.130. The second-order valence-corrected chi connectivity index (χ2v) is 4.07. The van der Waals surface area contributed by atoms with Crippen molar-refractivity contribution in [1.29, 1.82) is 0 Å². The van der Waals surface area contributed by atoms with Gasteiger partial charge in [0, 0.05) is 25.4 Å². The van der Waals surface area contributed by atoms with Gasteiger partial charge in [0.15, 0.2) is 0 Å². The lowest BCUT2D eigenvalue weighted by Gasteiger charge is -2.17. The molecule has 1 atom stereocenters. The van der Waals surface area contributed by atoms with Crippen molar-refractivity contribution in [2.24, 2.45) is 11.7 Å². The summed E-state index contributed by atoms with van der Waals surface area (Å²) in [7, 11) is 0. The van der Waals surface area contributed by atoms with Gasteiger partial charge in [0.05, 0.1) is 4.99 Å². The van der Waals surface area contributed by atoms with Crippen molar-refractivity contribution in [3.05, 3.63) is 0 Å². The van der Waals surface area contributed by atoms with Gasteiger partial charge in [-0.3, -0.25) is 4.79 Å². The Kier molecular flexibility index (Phi) is 3.66. The van der Waals surface area contributed by atoms with Crippen molar-refractivity contribution >= 4 is 23.1 Å². The van der Waals surface area contributed by atoms with E-state index in [0.717, 1.165) is 25.9 Å². The van der Waals surface area contributed by atoms with Crippen LogP contribution in [0.25, 0.3) is 0 Å².